The Bertz CT molecular complexity index is 1180. The third-order valence-electron chi connectivity index (χ3n) is 5.18. The van der Waals surface area contributed by atoms with Crippen LogP contribution in [0.5, 0.6) is 5.75 Å². The van der Waals surface area contributed by atoms with Crippen molar-refractivity contribution < 1.29 is 17.9 Å². The van der Waals surface area contributed by atoms with Crippen LogP contribution in [-0.2, 0) is 9.84 Å². The van der Waals surface area contributed by atoms with Gasteiger partial charge < -0.3 is 10.1 Å². The molecule has 1 aliphatic heterocycles. The Morgan fingerprint density at radius 1 is 1.17 bits per heavy atom. The Morgan fingerprint density at radius 3 is 2.57 bits per heavy atom. The van der Waals surface area contributed by atoms with E-state index in [1.54, 1.807) is 17.9 Å². The van der Waals surface area contributed by atoms with Gasteiger partial charge in [0.1, 0.15) is 5.75 Å². The topological polar surface area (TPSA) is 90.3 Å². The van der Waals surface area contributed by atoms with Crippen LogP contribution in [0.1, 0.15) is 28.5 Å². The summed E-state index contributed by atoms with van der Waals surface area (Å²) in [6, 6.07) is 16.3. The summed E-state index contributed by atoms with van der Waals surface area (Å²) in [5, 5.41) is 7.37. The zero-order chi connectivity index (χ0) is 21.3. The summed E-state index contributed by atoms with van der Waals surface area (Å²) in [6.45, 7) is 1.95. The molecule has 1 atom stereocenters. The Kier molecular flexibility index (Phi) is 5.34. The monoisotopic (exact) mass is 425 g/mol. The summed E-state index contributed by atoms with van der Waals surface area (Å²) in [5.41, 5.74) is 3.50. The lowest BCUT2D eigenvalue weighted by atomic mass is 10.1. The molecule has 1 aliphatic rings. The van der Waals surface area contributed by atoms with Crippen molar-refractivity contribution in [3.63, 3.8) is 0 Å². The zero-order valence-electron chi connectivity index (χ0n) is 16.8. The quantitative estimate of drug-likeness (QED) is 0.676. The fourth-order valence-corrected chi connectivity index (χ4v) is 5.34. The lowest BCUT2D eigenvalue weighted by Gasteiger charge is -2.13. The number of aryl methyl sites for hydroxylation is 1. The number of benzene rings is 2. The number of anilines is 1. The van der Waals surface area contributed by atoms with E-state index >= 15 is 0 Å². The highest BCUT2D eigenvalue weighted by atomic mass is 32.2. The van der Waals surface area contributed by atoms with Gasteiger partial charge in [0.2, 0.25) is 0 Å². The van der Waals surface area contributed by atoms with Crippen LogP contribution in [0, 0.1) is 6.92 Å². The lowest BCUT2D eigenvalue weighted by molar-refractivity contribution is 0.102. The molecule has 0 spiro atoms. The van der Waals surface area contributed by atoms with Gasteiger partial charge in [0, 0.05) is 11.3 Å². The number of sulfone groups is 1. The summed E-state index contributed by atoms with van der Waals surface area (Å²) < 4.78 is 30.9. The van der Waals surface area contributed by atoms with E-state index in [4.69, 9.17) is 4.74 Å². The van der Waals surface area contributed by atoms with Crippen LogP contribution >= 0.6 is 0 Å². The maximum absolute atomic E-state index is 12.8. The van der Waals surface area contributed by atoms with E-state index in [0.29, 0.717) is 23.6 Å². The summed E-state index contributed by atoms with van der Waals surface area (Å²) in [7, 11) is -1.51. The van der Waals surface area contributed by atoms with Crippen LogP contribution in [-0.4, -0.2) is 42.7 Å². The molecule has 2 heterocycles. The van der Waals surface area contributed by atoms with Crippen molar-refractivity contribution >= 4 is 21.4 Å². The molecule has 0 aliphatic carbocycles. The zero-order valence-corrected chi connectivity index (χ0v) is 17.6. The number of nitrogens with zero attached hydrogens (tertiary/aromatic N) is 2. The first-order valence-electron chi connectivity index (χ1n) is 9.67. The van der Waals surface area contributed by atoms with Crippen LogP contribution in [0.25, 0.3) is 11.3 Å². The molecular weight excluding hydrogens is 402 g/mol. The lowest BCUT2D eigenvalue weighted by Crippen LogP contribution is -2.16. The van der Waals surface area contributed by atoms with Crippen LogP contribution in [0.4, 0.5) is 5.69 Å². The van der Waals surface area contributed by atoms with Crippen molar-refractivity contribution in [3.8, 4) is 17.0 Å². The molecule has 1 amide bonds. The van der Waals surface area contributed by atoms with Gasteiger partial charge in [-0.3, -0.25) is 9.48 Å². The number of carbonyl (C=O) groups is 1. The van der Waals surface area contributed by atoms with Gasteiger partial charge in [0.15, 0.2) is 15.5 Å². The van der Waals surface area contributed by atoms with E-state index in [1.165, 1.54) is 0 Å². The Labute approximate surface area is 175 Å². The molecule has 2 aromatic carbocycles. The summed E-state index contributed by atoms with van der Waals surface area (Å²) in [4.78, 5) is 12.8. The summed E-state index contributed by atoms with van der Waals surface area (Å²) in [6.07, 6.45) is 0.478. The minimum Gasteiger partial charge on any atom is -0.497 e. The van der Waals surface area contributed by atoms with Crippen LogP contribution in [0.15, 0.2) is 54.6 Å². The second-order valence-corrected chi connectivity index (χ2v) is 9.70. The number of carbonyl (C=O) groups excluding carboxylic acids is 1. The molecule has 0 radical (unpaired) electrons. The first-order valence-corrected chi connectivity index (χ1v) is 11.5. The number of hydrogen-bond acceptors (Lipinski definition) is 5. The second-order valence-electron chi connectivity index (χ2n) is 7.47. The van der Waals surface area contributed by atoms with Gasteiger partial charge in [0.05, 0.1) is 30.4 Å². The van der Waals surface area contributed by atoms with Crippen molar-refractivity contribution in [2.75, 3.05) is 23.9 Å². The molecule has 1 saturated heterocycles. The molecule has 1 unspecified atom stereocenters. The van der Waals surface area contributed by atoms with E-state index in [2.05, 4.69) is 10.4 Å². The second kappa shape index (κ2) is 7.95. The molecular formula is C22H23N3O4S. The standard InChI is InChI=1S/C22H23N3O4S/c1-15-4-3-5-17(12-15)23-22(26)20-13-21(16-6-8-19(29-2)9-7-16)25(24-20)18-10-11-30(27,28)14-18/h3-9,12-13,18H,10-11,14H2,1-2H3,(H,23,26). The Balaban J connectivity index is 1.70. The predicted molar refractivity (Wildman–Crippen MR) is 116 cm³/mol. The average molecular weight is 426 g/mol. The van der Waals surface area contributed by atoms with Crippen LogP contribution in [0.2, 0.25) is 0 Å². The molecule has 1 fully saturated rings. The van der Waals surface area contributed by atoms with Gasteiger partial charge in [-0.25, -0.2) is 8.42 Å². The molecule has 3 aromatic rings. The molecule has 4 rings (SSSR count). The first kappa shape index (κ1) is 20.2. The molecule has 8 heteroatoms. The maximum atomic E-state index is 12.8. The van der Waals surface area contributed by atoms with Crippen molar-refractivity contribution in [2.24, 2.45) is 0 Å². The van der Waals surface area contributed by atoms with Gasteiger partial charge in [-0.15, -0.1) is 0 Å². The van der Waals surface area contributed by atoms with Gasteiger partial charge in [0.25, 0.3) is 5.91 Å². The van der Waals surface area contributed by atoms with E-state index in [-0.39, 0.29) is 29.1 Å². The fourth-order valence-electron chi connectivity index (χ4n) is 3.65. The van der Waals surface area contributed by atoms with Gasteiger partial charge >= 0.3 is 0 Å². The van der Waals surface area contributed by atoms with E-state index in [1.807, 2.05) is 55.5 Å². The van der Waals surface area contributed by atoms with Crippen LogP contribution in [0.3, 0.4) is 0 Å². The molecule has 0 saturated carbocycles. The van der Waals surface area contributed by atoms with Crippen molar-refractivity contribution in [1.29, 1.82) is 0 Å². The average Bonchev–Trinajstić information content (AvgIpc) is 3.31. The normalized spacial score (nSPS) is 17.6. The third kappa shape index (κ3) is 4.23. The Hall–Kier alpha value is -3.13. The molecule has 7 nitrogen and oxygen atoms in total. The number of methoxy groups -OCH3 is 1. The largest absolute Gasteiger partial charge is 0.497 e. The highest BCUT2D eigenvalue weighted by molar-refractivity contribution is 7.91. The van der Waals surface area contributed by atoms with Crippen molar-refractivity contribution in [2.45, 2.75) is 19.4 Å². The fraction of sp³-hybridized carbons (Fsp3) is 0.273. The number of aromatic nitrogens is 2. The number of ether oxygens (including phenoxy) is 1. The predicted octanol–water partition coefficient (Wildman–Crippen LogP) is 3.48. The van der Waals surface area contributed by atoms with E-state index in [9.17, 15) is 13.2 Å². The SMILES string of the molecule is COc1ccc(-c2cc(C(=O)Nc3cccc(C)c3)nn2C2CCS(=O)(=O)C2)cc1. The Morgan fingerprint density at radius 2 is 1.93 bits per heavy atom. The van der Waals surface area contributed by atoms with Crippen molar-refractivity contribution in [3.05, 3.63) is 65.9 Å². The van der Waals surface area contributed by atoms with E-state index < -0.39 is 9.84 Å². The number of rotatable bonds is 5. The molecule has 156 valence electrons. The summed E-state index contributed by atoms with van der Waals surface area (Å²) >= 11 is 0. The smallest absolute Gasteiger partial charge is 0.276 e. The van der Waals surface area contributed by atoms with Gasteiger partial charge in [-0.2, -0.15) is 5.10 Å². The molecule has 0 bridgehead atoms. The molecule has 30 heavy (non-hydrogen) atoms. The van der Waals surface area contributed by atoms with Gasteiger partial charge in [-0.1, -0.05) is 12.1 Å². The minimum absolute atomic E-state index is 0.0246. The van der Waals surface area contributed by atoms with Gasteiger partial charge in [-0.05, 0) is 61.4 Å². The third-order valence-corrected chi connectivity index (χ3v) is 6.93. The van der Waals surface area contributed by atoms with E-state index in [0.717, 1.165) is 11.1 Å². The number of hydrogen-bond donors (Lipinski definition) is 1. The minimum atomic E-state index is -3.10. The van der Waals surface area contributed by atoms with Crippen LogP contribution < -0.4 is 10.1 Å². The molecule has 1 aromatic heterocycles. The highest BCUT2D eigenvalue weighted by Gasteiger charge is 2.32. The number of amides is 1. The maximum Gasteiger partial charge on any atom is 0.276 e. The van der Waals surface area contributed by atoms with Crippen molar-refractivity contribution in [1.82, 2.24) is 9.78 Å². The highest BCUT2D eigenvalue weighted by Crippen LogP contribution is 2.31. The summed E-state index contributed by atoms with van der Waals surface area (Å²) in [5.74, 6) is 0.530. The number of nitrogens with one attached hydrogen (secondary N) is 1. The first-order chi connectivity index (χ1) is 14.3. The molecule has 1 N–H and O–H groups in total.